The molecular formula is C11H10O4S. The van der Waals surface area contributed by atoms with Crippen LogP contribution in [0.3, 0.4) is 0 Å². The number of carbonyl (C=O) groups is 1. The number of thiophene rings is 1. The van der Waals surface area contributed by atoms with Crippen molar-refractivity contribution in [1.29, 1.82) is 0 Å². The first kappa shape index (κ1) is 10.9. The van der Waals surface area contributed by atoms with Crippen molar-refractivity contribution in [2.45, 2.75) is 6.10 Å². The van der Waals surface area contributed by atoms with E-state index in [0.717, 1.165) is 10.1 Å². The summed E-state index contributed by atoms with van der Waals surface area (Å²) in [6.45, 7) is 0. The molecule has 0 amide bonds. The quantitative estimate of drug-likeness (QED) is 0.783. The fourth-order valence-electron chi connectivity index (χ4n) is 1.40. The van der Waals surface area contributed by atoms with Gasteiger partial charge in [0.25, 0.3) is 0 Å². The lowest BCUT2D eigenvalue weighted by Gasteiger charge is -2.04. The van der Waals surface area contributed by atoms with Crippen LogP contribution in [-0.4, -0.2) is 23.3 Å². The first-order valence-electron chi connectivity index (χ1n) is 4.60. The van der Waals surface area contributed by atoms with E-state index < -0.39 is 12.1 Å². The molecule has 2 N–H and O–H groups in total. The number of benzene rings is 1. The van der Waals surface area contributed by atoms with Gasteiger partial charge >= 0.3 is 5.97 Å². The molecule has 0 fully saturated rings. The van der Waals surface area contributed by atoms with Crippen molar-refractivity contribution < 1.29 is 19.7 Å². The van der Waals surface area contributed by atoms with Gasteiger partial charge in [-0.05, 0) is 29.7 Å². The highest BCUT2D eigenvalue weighted by Gasteiger charge is 2.20. The molecule has 1 atom stereocenters. The molecular weight excluding hydrogens is 228 g/mol. The highest BCUT2D eigenvalue weighted by atomic mass is 32.1. The number of phenols is 1. The second-order valence-corrected chi connectivity index (χ2v) is 4.41. The number of hydrogen-bond acceptors (Lipinski definition) is 5. The standard InChI is InChI=1S/C11H10O4S/c1-15-11(14)10(13)9-4-6-2-3-7(12)5-8(6)16-9/h2-5,10,12-13H,1H3. The number of aliphatic hydroxyl groups is 1. The molecule has 4 nitrogen and oxygen atoms in total. The number of aliphatic hydroxyl groups excluding tert-OH is 1. The Morgan fingerprint density at radius 2 is 2.19 bits per heavy atom. The molecule has 0 spiro atoms. The van der Waals surface area contributed by atoms with Crippen molar-refractivity contribution >= 4 is 27.4 Å². The Balaban J connectivity index is 2.43. The van der Waals surface area contributed by atoms with Gasteiger partial charge in [-0.25, -0.2) is 4.79 Å². The summed E-state index contributed by atoms with van der Waals surface area (Å²) in [7, 11) is 1.23. The lowest BCUT2D eigenvalue weighted by Crippen LogP contribution is -2.11. The molecule has 1 aromatic carbocycles. The molecule has 16 heavy (non-hydrogen) atoms. The van der Waals surface area contributed by atoms with Crippen LogP contribution in [0.4, 0.5) is 0 Å². The fraction of sp³-hybridized carbons (Fsp3) is 0.182. The van der Waals surface area contributed by atoms with Gasteiger partial charge in [0.15, 0.2) is 6.10 Å². The molecule has 0 radical (unpaired) electrons. The van der Waals surface area contributed by atoms with Crippen LogP contribution < -0.4 is 0 Å². The second-order valence-electron chi connectivity index (χ2n) is 3.30. The first-order chi connectivity index (χ1) is 7.61. The molecule has 0 aliphatic heterocycles. The molecule has 2 rings (SSSR count). The lowest BCUT2D eigenvalue weighted by molar-refractivity contribution is -0.150. The Morgan fingerprint density at radius 3 is 2.88 bits per heavy atom. The van der Waals surface area contributed by atoms with Gasteiger partial charge in [0.05, 0.1) is 7.11 Å². The van der Waals surface area contributed by atoms with Crippen molar-refractivity contribution in [3.63, 3.8) is 0 Å². The van der Waals surface area contributed by atoms with Crippen LogP contribution in [0.25, 0.3) is 10.1 Å². The zero-order valence-corrected chi connectivity index (χ0v) is 9.32. The molecule has 84 valence electrons. The highest BCUT2D eigenvalue weighted by Crippen LogP contribution is 2.32. The molecule has 0 bridgehead atoms. The third-order valence-corrected chi connectivity index (χ3v) is 3.37. The summed E-state index contributed by atoms with van der Waals surface area (Å²) in [5.41, 5.74) is 0. The van der Waals surface area contributed by atoms with Gasteiger partial charge in [0, 0.05) is 9.58 Å². The predicted molar refractivity (Wildman–Crippen MR) is 60.5 cm³/mol. The minimum absolute atomic E-state index is 0.161. The molecule has 0 saturated carbocycles. The second kappa shape index (κ2) is 4.11. The number of fused-ring (bicyclic) bond motifs is 1. The Kier molecular flexibility index (Phi) is 2.80. The van der Waals surface area contributed by atoms with Crippen LogP contribution in [0.1, 0.15) is 11.0 Å². The van der Waals surface area contributed by atoms with Crippen LogP contribution in [0.5, 0.6) is 5.75 Å². The van der Waals surface area contributed by atoms with E-state index >= 15 is 0 Å². The smallest absolute Gasteiger partial charge is 0.340 e. The fourth-order valence-corrected chi connectivity index (χ4v) is 2.48. The van der Waals surface area contributed by atoms with Crippen molar-refractivity contribution in [2.24, 2.45) is 0 Å². The summed E-state index contributed by atoms with van der Waals surface area (Å²) in [6, 6.07) is 6.59. The zero-order chi connectivity index (χ0) is 11.7. The van der Waals surface area contributed by atoms with Crippen LogP contribution in [0.15, 0.2) is 24.3 Å². The van der Waals surface area contributed by atoms with Gasteiger partial charge in [-0.2, -0.15) is 0 Å². The average molecular weight is 238 g/mol. The predicted octanol–water partition coefficient (Wildman–Crippen LogP) is 1.81. The molecule has 0 aliphatic carbocycles. The van der Waals surface area contributed by atoms with E-state index in [9.17, 15) is 15.0 Å². The normalized spacial score (nSPS) is 12.6. The van der Waals surface area contributed by atoms with Gasteiger partial charge in [-0.3, -0.25) is 0 Å². The van der Waals surface area contributed by atoms with Gasteiger partial charge in [0.1, 0.15) is 5.75 Å². The minimum Gasteiger partial charge on any atom is -0.508 e. The molecule has 0 aliphatic rings. The first-order valence-corrected chi connectivity index (χ1v) is 5.42. The van der Waals surface area contributed by atoms with E-state index in [-0.39, 0.29) is 5.75 Å². The number of ether oxygens (including phenoxy) is 1. The maximum Gasteiger partial charge on any atom is 0.340 e. The number of phenolic OH excluding ortho intramolecular Hbond substituents is 1. The molecule has 1 heterocycles. The molecule has 1 unspecified atom stereocenters. The third kappa shape index (κ3) is 1.87. The average Bonchev–Trinajstić information content (AvgIpc) is 2.69. The van der Waals surface area contributed by atoms with E-state index in [4.69, 9.17) is 0 Å². The summed E-state index contributed by atoms with van der Waals surface area (Å²) in [6.07, 6.45) is -1.26. The monoisotopic (exact) mass is 238 g/mol. The maximum absolute atomic E-state index is 11.1. The lowest BCUT2D eigenvalue weighted by atomic mass is 10.2. The zero-order valence-electron chi connectivity index (χ0n) is 8.51. The topological polar surface area (TPSA) is 66.8 Å². The summed E-state index contributed by atoms with van der Waals surface area (Å²) in [4.78, 5) is 11.6. The van der Waals surface area contributed by atoms with E-state index in [1.807, 2.05) is 0 Å². The van der Waals surface area contributed by atoms with Crippen LogP contribution in [0.2, 0.25) is 0 Å². The Hall–Kier alpha value is -1.59. The summed E-state index contributed by atoms with van der Waals surface area (Å²) in [5.74, 6) is -0.524. The Bertz CT molecular complexity index is 532. The molecule has 0 saturated heterocycles. The van der Waals surface area contributed by atoms with Crippen molar-refractivity contribution in [1.82, 2.24) is 0 Å². The number of rotatable bonds is 2. The summed E-state index contributed by atoms with van der Waals surface area (Å²) < 4.78 is 5.27. The van der Waals surface area contributed by atoms with E-state index in [0.29, 0.717) is 4.88 Å². The van der Waals surface area contributed by atoms with Crippen LogP contribution >= 0.6 is 11.3 Å². The van der Waals surface area contributed by atoms with Crippen molar-refractivity contribution in [3.05, 3.63) is 29.1 Å². The number of aromatic hydroxyl groups is 1. The third-order valence-electron chi connectivity index (χ3n) is 2.22. The van der Waals surface area contributed by atoms with Gasteiger partial charge in [-0.1, -0.05) is 0 Å². The van der Waals surface area contributed by atoms with Crippen LogP contribution in [0, 0.1) is 0 Å². The van der Waals surface area contributed by atoms with Crippen molar-refractivity contribution in [2.75, 3.05) is 7.11 Å². The number of hydrogen-bond donors (Lipinski definition) is 2. The largest absolute Gasteiger partial charge is 0.508 e. The Morgan fingerprint density at radius 1 is 1.44 bits per heavy atom. The number of esters is 1. The number of methoxy groups -OCH3 is 1. The summed E-state index contributed by atoms with van der Waals surface area (Å²) >= 11 is 1.25. The van der Waals surface area contributed by atoms with E-state index in [1.54, 1.807) is 24.3 Å². The highest BCUT2D eigenvalue weighted by molar-refractivity contribution is 7.19. The Labute approximate surface area is 95.7 Å². The van der Waals surface area contributed by atoms with Crippen LogP contribution in [-0.2, 0) is 9.53 Å². The maximum atomic E-state index is 11.1. The van der Waals surface area contributed by atoms with Crippen molar-refractivity contribution in [3.8, 4) is 5.75 Å². The molecule has 1 aromatic heterocycles. The van der Waals surface area contributed by atoms with E-state index in [2.05, 4.69) is 4.74 Å². The summed E-state index contributed by atoms with van der Waals surface area (Å²) in [5, 5.41) is 19.8. The molecule has 5 heteroatoms. The SMILES string of the molecule is COC(=O)C(O)c1cc2ccc(O)cc2s1. The van der Waals surface area contributed by atoms with Gasteiger partial charge in [0.2, 0.25) is 0 Å². The van der Waals surface area contributed by atoms with Gasteiger partial charge < -0.3 is 14.9 Å². The minimum atomic E-state index is -1.26. The van der Waals surface area contributed by atoms with Gasteiger partial charge in [-0.15, -0.1) is 11.3 Å². The van der Waals surface area contributed by atoms with E-state index in [1.165, 1.54) is 18.4 Å². The molecule has 2 aromatic rings. The number of carbonyl (C=O) groups excluding carboxylic acids is 1.